The van der Waals surface area contributed by atoms with Crippen LogP contribution in [-0.4, -0.2) is 19.6 Å². The lowest BCUT2D eigenvalue weighted by atomic mass is 10.2. The topological polar surface area (TPSA) is 63.0 Å². The van der Waals surface area contributed by atoms with E-state index in [2.05, 4.69) is 22.1 Å². The molecule has 114 valence electrons. The number of hydrogen-bond donors (Lipinski definition) is 1. The Kier molecular flexibility index (Phi) is 4.24. The van der Waals surface area contributed by atoms with E-state index in [0.717, 1.165) is 24.1 Å². The highest BCUT2D eigenvalue weighted by Gasteiger charge is 2.11. The number of halogens is 1. The first-order valence-corrected chi connectivity index (χ1v) is 8.00. The zero-order valence-electron chi connectivity index (χ0n) is 12.0. The van der Waals surface area contributed by atoms with Gasteiger partial charge in [-0.05, 0) is 24.1 Å². The Bertz CT molecular complexity index is 858. The van der Waals surface area contributed by atoms with Gasteiger partial charge in [0.25, 0.3) is 5.56 Å². The first-order valence-electron chi connectivity index (χ1n) is 7.02. The SMILES string of the molecule is CCCc1cc(=O)[nH]c2nnc(SCc3cccc(F)c3)n12. The van der Waals surface area contributed by atoms with Crippen LogP contribution in [0.15, 0.2) is 40.3 Å². The second kappa shape index (κ2) is 6.31. The fraction of sp³-hybridized carbons (Fsp3) is 0.267. The summed E-state index contributed by atoms with van der Waals surface area (Å²) in [6.07, 6.45) is 1.69. The molecule has 0 radical (unpaired) electrons. The summed E-state index contributed by atoms with van der Waals surface area (Å²) in [6.45, 7) is 2.05. The Balaban J connectivity index is 1.92. The number of rotatable bonds is 5. The van der Waals surface area contributed by atoms with Crippen molar-refractivity contribution in [3.05, 3.63) is 57.8 Å². The molecule has 0 unspecified atom stereocenters. The van der Waals surface area contributed by atoms with Gasteiger partial charge in [-0.2, -0.15) is 0 Å². The van der Waals surface area contributed by atoms with Crippen molar-refractivity contribution in [3.8, 4) is 0 Å². The molecule has 3 rings (SSSR count). The van der Waals surface area contributed by atoms with Crippen LogP contribution in [0.4, 0.5) is 4.39 Å². The van der Waals surface area contributed by atoms with E-state index in [1.807, 2.05) is 10.5 Å². The number of aromatic amines is 1. The molecule has 2 heterocycles. The standard InChI is InChI=1S/C15H15FN4OS/c1-2-4-12-8-13(21)17-14-18-19-15(20(12)14)22-9-10-5-3-6-11(16)7-10/h3,5-8H,2,4,9H2,1H3,(H,17,18,21). The second-order valence-corrected chi connectivity index (χ2v) is 5.88. The fourth-order valence-corrected chi connectivity index (χ4v) is 3.19. The van der Waals surface area contributed by atoms with Crippen LogP contribution in [0.25, 0.3) is 5.78 Å². The molecule has 0 aliphatic carbocycles. The van der Waals surface area contributed by atoms with Gasteiger partial charge in [-0.1, -0.05) is 37.2 Å². The Labute approximate surface area is 130 Å². The maximum atomic E-state index is 13.2. The molecule has 1 aromatic carbocycles. The molecular weight excluding hydrogens is 303 g/mol. The van der Waals surface area contributed by atoms with E-state index in [-0.39, 0.29) is 11.4 Å². The Morgan fingerprint density at radius 2 is 2.18 bits per heavy atom. The van der Waals surface area contributed by atoms with E-state index in [4.69, 9.17) is 0 Å². The van der Waals surface area contributed by atoms with Gasteiger partial charge in [0.2, 0.25) is 5.78 Å². The molecule has 0 aliphatic rings. The van der Waals surface area contributed by atoms with E-state index in [1.165, 1.54) is 23.9 Å². The quantitative estimate of drug-likeness (QED) is 0.735. The minimum absolute atomic E-state index is 0.176. The van der Waals surface area contributed by atoms with Gasteiger partial charge in [0.1, 0.15) is 5.82 Å². The molecule has 0 saturated heterocycles. The van der Waals surface area contributed by atoms with Crippen molar-refractivity contribution >= 4 is 17.5 Å². The van der Waals surface area contributed by atoms with Gasteiger partial charge in [0.15, 0.2) is 5.16 Å². The molecule has 1 N–H and O–H groups in total. The Hall–Kier alpha value is -2.15. The molecule has 0 bridgehead atoms. The predicted molar refractivity (Wildman–Crippen MR) is 83.6 cm³/mol. The van der Waals surface area contributed by atoms with Gasteiger partial charge >= 0.3 is 0 Å². The first kappa shape index (κ1) is 14.8. The highest BCUT2D eigenvalue weighted by Crippen LogP contribution is 2.22. The van der Waals surface area contributed by atoms with Crippen molar-refractivity contribution in [1.82, 2.24) is 19.6 Å². The van der Waals surface area contributed by atoms with Gasteiger partial charge in [0.05, 0.1) is 0 Å². The van der Waals surface area contributed by atoms with Crippen molar-refractivity contribution in [2.45, 2.75) is 30.7 Å². The molecule has 0 amide bonds. The number of nitrogens with one attached hydrogen (secondary N) is 1. The number of fused-ring (bicyclic) bond motifs is 1. The average molecular weight is 318 g/mol. The zero-order chi connectivity index (χ0) is 15.5. The molecule has 0 spiro atoms. The molecule has 0 fully saturated rings. The molecule has 7 heteroatoms. The Morgan fingerprint density at radius 3 is 2.95 bits per heavy atom. The maximum Gasteiger partial charge on any atom is 0.252 e. The maximum absolute atomic E-state index is 13.2. The molecule has 5 nitrogen and oxygen atoms in total. The average Bonchev–Trinajstić information content (AvgIpc) is 2.88. The summed E-state index contributed by atoms with van der Waals surface area (Å²) >= 11 is 1.46. The van der Waals surface area contributed by atoms with Crippen LogP contribution in [0.3, 0.4) is 0 Å². The lowest BCUT2D eigenvalue weighted by Crippen LogP contribution is -2.11. The summed E-state index contributed by atoms with van der Waals surface area (Å²) in [5, 5.41) is 8.84. The van der Waals surface area contributed by atoms with Crippen LogP contribution in [0.1, 0.15) is 24.6 Å². The minimum Gasteiger partial charge on any atom is -0.291 e. The smallest absolute Gasteiger partial charge is 0.252 e. The van der Waals surface area contributed by atoms with Crippen molar-refractivity contribution in [3.63, 3.8) is 0 Å². The molecule has 3 aromatic rings. The van der Waals surface area contributed by atoms with Crippen LogP contribution in [0.5, 0.6) is 0 Å². The third-order valence-electron chi connectivity index (χ3n) is 3.22. The second-order valence-electron chi connectivity index (χ2n) is 4.94. The number of aryl methyl sites for hydroxylation is 1. The third-order valence-corrected chi connectivity index (χ3v) is 4.22. The lowest BCUT2D eigenvalue weighted by molar-refractivity contribution is 0.626. The number of nitrogens with zero attached hydrogens (tertiary/aromatic N) is 3. The van der Waals surface area contributed by atoms with Crippen molar-refractivity contribution < 1.29 is 4.39 Å². The lowest BCUT2D eigenvalue weighted by Gasteiger charge is -2.06. The summed E-state index contributed by atoms with van der Waals surface area (Å²) in [6, 6.07) is 8.06. The van der Waals surface area contributed by atoms with Gasteiger partial charge in [-0.15, -0.1) is 10.2 Å². The first-order chi connectivity index (χ1) is 10.7. The van der Waals surface area contributed by atoms with Crippen molar-refractivity contribution in [2.24, 2.45) is 0 Å². The molecule has 2 aromatic heterocycles. The summed E-state index contributed by atoms with van der Waals surface area (Å²) in [7, 11) is 0. The highest BCUT2D eigenvalue weighted by atomic mass is 32.2. The van der Waals surface area contributed by atoms with Gasteiger partial charge < -0.3 is 0 Å². The van der Waals surface area contributed by atoms with Crippen LogP contribution in [0, 0.1) is 5.82 Å². The predicted octanol–water partition coefficient (Wildman–Crippen LogP) is 2.80. The van der Waals surface area contributed by atoms with Crippen molar-refractivity contribution in [2.75, 3.05) is 0 Å². The van der Waals surface area contributed by atoms with Crippen LogP contribution in [0.2, 0.25) is 0 Å². The summed E-state index contributed by atoms with van der Waals surface area (Å²) in [5.74, 6) is 0.779. The summed E-state index contributed by atoms with van der Waals surface area (Å²) in [4.78, 5) is 14.3. The number of hydrogen-bond acceptors (Lipinski definition) is 4. The highest BCUT2D eigenvalue weighted by molar-refractivity contribution is 7.98. The van der Waals surface area contributed by atoms with E-state index in [9.17, 15) is 9.18 Å². The van der Waals surface area contributed by atoms with E-state index < -0.39 is 0 Å². The van der Waals surface area contributed by atoms with Crippen LogP contribution >= 0.6 is 11.8 Å². The van der Waals surface area contributed by atoms with Crippen LogP contribution < -0.4 is 5.56 Å². The van der Waals surface area contributed by atoms with Gasteiger partial charge in [-0.25, -0.2) is 4.39 Å². The van der Waals surface area contributed by atoms with E-state index in [1.54, 1.807) is 12.1 Å². The minimum atomic E-state index is -0.250. The number of H-pyrrole nitrogens is 1. The number of benzene rings is 1. The molecule has 0 saturated carbocycles. The normalized spacial score (nSPS) is 11.2. The number of aromatic nitrogens is 4. The van der Waals surface area contributed by atoms with E-state index in [0.29, 0.717) is 16.7 Å². The fourth-order valence-electron chi connectivity index (χ4n) is 2.28. The van der Waals surface area contributed by atoms with Crippen molar-refractivity contribution in [1.29, 1.82) is 0 Å². The number of thioether (sulfide) groups is 1. The third kappa shape index (κ3) is 3.04. The van der Waals surface area contributed by atoms with E-state index >= 15 is 0 Å². The van der Waals surface area contributed by atoms with Gasteiger partial charge in [-0.3, -0.25) is 14.2 Å². The van der Waals surface area contributed by atoms with Gasteiger partial charge in [0, 0.05) is 17.5 Å². The monoisotopic (exact) mass is 318 g/mol. The zero-order valence-corrected chi connectivity index (χ0v) is 12.9. The summed E-state index contributed by atoms with van der Waals surface area (Å²) < 4.78 is 15.1. The summed E-state index contributed by atoms with van der Waals surface area (Å²) in [5.41, 5.74) is 1.58. The largest absolute Gasteiger partial charge is 0.291 e. The molecule has 22 heavy (non-hydrogen) atoms. The molecule has 0 aliphatic heterocycles. The molecular formula is C15H15FN4OS. The molecule has 0 atom stereocenters. The van der Waals surface area contributed by atoms with Crippen LogP contribution in [-0.2, 0) is 12.2 Å². The Morgan fingerprint density at radius 1 is 1.32 bits per heavy atom.